The summed E-state index contributed by atoms with van der Waals surface area (Å²) in [6.07, 6.45) is -0.489. The van der Waals surface area contributed by atoms with Gasteiger partial charge in [-0.15, -0.1) is 11.3 Å². The summed E-state index contributed by atoms with van der Waals surface area (Å²) in [7, 11) is 0. The van der Waals surface area contributed by atoms with Crippen molar-refractivity contribution in [2.45, 2.75) is 57.2 Å². The van der Waals surface area contributed by atoms with Crippen LogP contribution in [-0.4, -0.2) is 23.1 Å². The van der Waals surface area contributed by atoms with Crippen LogP contribution in [0.3, 0.4) is 0 Å². The molecule has 2 aliphatic carbocycles. The van der Waals surface area contributed by atoms with Gasteiger partial charge in [0.25, 0.3) is 0 Å². The molecule has 1 amide bonds. The predicted octanol–water partition coefficient (Wildman–Crippen LogP) is 3.27. The molecule has 3 N–H and O–H groups in total. The Balaban J connectivity index is 1.71. The monoisotopic (exact) mass is 347 g/mol. The summed E-state index contributed by atoms with van der Waals surface area (Å²) >= 11 is 1.34. The molecular formula is C15H20F3N3OS. The average molecular weight is 347 g/mol. The zero-order valence-corrected chi connectivity index (χ0v) is 13.5. The van der Waals surface area contributed by atoms with Gasteiger partial charge in [0.2, 0.25) is 5.91 Å². The Morgan fingerprint density at radius 1 is 1.26 bits per heavy atom. The first-order chi connectivity index (χ1) is 10.8. The molecule has 4 nitrogen and oxygen atoms in total. The van der Waals surface area contributed by atoms with E-state index in [1.54, 1.807) is 0 Å². The second kappa shape index (κ2) is 6.39. The Labute approximate surface area is 136 Å². The highest BCUT2D eigenvalue weighted by molar-refractivity contribution is 7.15. The first kappa shape index (κ1) is 16.7. The number of nitrogens with one attached hydrogen (secondary N) is 1. The SMILES string of the molecule is N[C@H]1CCc2nc(NC(=O)C3CCCCC3C(F)(F)F)sc2C1. The van der Waals surface area contributed by atoms with Gasteiger partial charge in [-0.05, 0) is 32.1 Å². The molecule has 2 unspecified atom stereocenters. The van der Waals surface area contributed by atoms with Crippen molar-refractivity contribution in [2.75, 3.05) is 5.32 Å². The molecule has 1 fully saturated rings. The van der Waals surface area contributed by atoms with E-state index >= 15 is 0 Å². The fraction of sp³-hybridized carbons (Fsp3) is 0.733. The molecule has 0 aliphatic heterocycles. The number of anilines is 1. The van der Waals surface area contributed by atoms with Gasteiger partial charge in [-0.3, -0.25) is 4.79 Å². The summed E-state index contributed by atoms with van der Waals surface area (Å²) < 4.78 is 39.3. The third-order valence-electron chi connectivity index (χ3n) is 4.73. The van der Waals surface area contributed by atoms with Crippen LogP contribution in [0.25, 0.3) is 0 Å². The third kappa shape index (κ3) is 3.68. The van der Waals surface area contributed by atoms with Crippen LogP contribution in [-0.2, 0) is 17.6 Å². The molecule has 0 bridgehead atoms. The van der Waals surface area contributed by atoms with E-state index in [1.165, 1.54) is 11.3 Å². The Morgan fingerprint density at radius 3 is 2.74 bits per heavy atom. The van der Waals surface area contributed by atoms with E-state index in [4.69, 9.17) is 5.73 Å². The van der Waals surface area contributed by atoms with Crippen molar-refractivity contribution in [3.8, 4) is 0 Å². The number of aromatic nitrogens is 1. The number of alkyl halides is 3. The minimum Gasteiger partial charge on any atom is -0.327 e. The number of amides is 1. The molecule has 0 aromatic carbocycles. The van der Waals surface area contributed by atoms with E-state index in [-0.39, 0.29) is 18.9 Å². The molecule has 23 heavy (non-hydrogen) atoms. The highest BCUT2D eigenvalue weighted by atomic mass is 32.1. The standard InChI is InChI=1S/C15H20F3N3OS/c16-15(17,18)10-4-2-1-3-9(10)13(22)21-14-20-11-6-5-8(19)7-12(11)23-14/h8-10H,1-7,19H2,(H,20,21,22)/t8-,9?,10?/m0/s1. The van der Waals surface area contributed by atoms with Crippen LogP contribution in [0.4, 0.5) is 18.3 Å². The second-order valence-electron chi connectivity index (χ2n) is 6.42. The number of nitrogens with two attached hydrogens (primary N) is 1. The lowest BCUT2D eigenvalue weighted by Gasteiger charge is -2.31. The fourth-order valence-corrected chi connectivity index (χ4v) is 4.59. The molecule has 1 heterocycles. The zero-order chi connectivity index (χ0) is 16.6. The molecule has 3 atom stereocenters. The van der Waals surface area contributed by atoms with E-state index in [0.29, 0.717) is 18.0 Å². The van der Waals surface area contributed by atoms with Crippen molar-refractivity contribution in [1.29, 1.82) is 0 Å². The van der Waals surface area contributed by atoms with Gasteiger partial charge < -0.3 is 11.1 Å². The summed E-state index contributed by atoms with van der Waals surface area (Å²) in [5.41, 5.74) is 6.83. The highest BCUT2D eigenvalue weighted by Gasteiger charge is 2.48. The molecule has 0 radical (unpaired) electrons. The third-order valence-corrected chi connectivity index (χ3v) is 5.77. The van der Waals surface area contributed by atoms with Gasteiger partial charge in [0.1, 0.15) is 0 Å². The molecule has 1 saturated carbocycles. The van der Waals surface area contributed by atoms with Crippen molar-refractivity contribution < 1.29 is 18.0 Å². The number of carbonyl (C=O) groups is 1. The van der Waals surface area contributed by atoms with Crippen molar-refractivity contribution in [3.63, 3.8) is 0 Å². The number of fused-ring (bicyclic) bond motifs is 1. The minimum absolute atomic E-state index is 0.0325. The maximum absolute atomic E-state index is 13.1. The van der Waals surface area contributed by atoms with Crippen molar-refractivity contribution in [1.82, 2.24) is 4.98 Å². The summed E-state index contributed by atoms with van der Waals surface area (Å²) in [5, 5.41) is 3.02. The van der Waals surface area contributed by atoms with Crippen LogP contribution in [0.1, 0.15) is 42.7 Å². The van der Waals surface area contributed by atoms with Gasteiger partial charge >= 0.3 is 6.18 Å². The normalized spacial score (nSPS) is 28.3. The van der Waals surface area contributed by atoms with Crippen LogP contribution in [0, 0.1) is 11.8 Å². The highest BCUT2D eigenvalue weighted by Crippen LogP contribution is 2.42. The van der Waals surface area contributed by atoms with Crippen LogP contribution >= 0.6 is 11.3 Å². The average Bonchev–Trinajstić information content (AvgIpc) is 2.87. The number of hydrogen-bond acceptors (Lipinski definition) is 4. The molecule has 1 aromatic rings. The van der Waals surface area contributed by atoms with Crippen LogP contribution in [0.2, 0.25) is 0 Å². The van der Waals surface area contributed by atoms with Gasteiger partial charge in [0.15, 0.2) is 5.13 Å². The number of aryl methyl sites for hydroxylation is 1. The van der Waals surface area contributed by atoms with Gasteiger partial charge in [0, 0.05) is 16.8 Å². The van der Waals surface area contributed by atoms with Gasteiger partial charge in [-0.1, -0.05) is 12.8 Å². The van der Waals surface area contributed by atoms with E-state index in [2.05, 4.69) is 10.3 Å². The number of hydrogen-bond donors (Lipinski definition) is 2. The lowest BCUT2D eigenvalue weighted by atomic mass is 9.78. The molecular weight excluding hydrogens is 327 g/mol. The topological polar surface area (TPSA) is 68.0 Å². The molecule has 2 aliphatic rings. The zero-order valence-electron chi connectivity index (χ0n) is 12.7. The van der Waals surface area contributed by atoms with Crippen molar-refractivity contribution >= 4 is 22.4 Å². The fourth-order valence-electron chi connectivity index (χ4n) is 3.49. The smallest absolute Gasteiger partial charge is 0.327 e. The number of nitrogens with zero attached hydrogens (tertiary/aromatic N) is 1. The Kier molecular flexibility index (Phi) is 4.64. The van der Waals surface area contributed by atoms with Crippen LogP contribution < -0.4 is 11.1 Å². The van der Waals surface area contributed by atoms with Gasteiger partial charge in [0.05, 0.1) is 11.6 Å². The Bertz CT molecular complexity index is 587. The molecule has 128 valence electrons. The number of thiazole rings is 1. The van der Waals surface area contributed by atoms with E-state index in [0.717, 1.165) is 29.8 Å². The molecule has 8 heteroatoms. The molecule has 1 aromatic heterocycles. The van der Waals surface area contributed by atoms with Gasteiger partial charge in [-0.2, -0.15) is 13.2 Å². The Morgan fingerprint density at radius 2 is 2.00 bits per heavy atom. The lowest BCUT2D eigenvalue weighted by molar-refractivity contribution is -0.197. The molecule has 0 saturated heterocycles. The van der Waals surface area contributed by atoms with Crippen LogP contribution in [0.5, 0.6) is 0 Å². The first-order valence-corrected chi connectivity index (χ1v) is 8.78. The summed E-state index contributed by atoms with van der Waals surface area (Å²) in [4.78, 5) is 17.7. The quantitative estimate of drug-likeness (QED) is 0.863. The summed E-state index contributed by atoms with van der Waals surface area (Å²) in [6.45, 7) is 0. The van der Waals surface area contributed by atoms with E-state index in [9.17, 15) is 18.0 Å². The summed E-state index contributed by atoms with van der Waals surface area (Å²) in [5.74, 6) is -3.10. The lowest BCUT2D eigenvalue weighted by Crippen LogP contribution is -2.39. The number of rotatable bonds is 2. The number of halogens is 3. The maximum Gasteiger partial charge on any atom is 0.392 e. The molecule has 0 spiro atoms. The van der Waals surface area contributed by atoms with E-state index in [1.807, 2.05) is 0 Å². The Hall–Kier alpha value is -1.15. The molecule has 3 rings (SSSR count). The van der Waals surface area contributed by atoms with Crippen molar-refractivity contribution in [3.05, 3.63) is 10.6 Å². The largest absolute Gasteiger partial charge is 0.392 e. The van der Waals surface area contributed by atoms with Gasteiger partial charge in [-0.25, -0.2) is 4.98 Å². The second-order valence-corrected chi connectivity index (χ2v) is 7.50. The van der Waals surface area contributed by atoms with Crippen LogP contribution in [0.15, 0.2) is 0 Å². The minimum atomic E-state index is -4.32. The van der Waals surface area contributed by atoms with Crippen molar-refractivity contribution in [2.24, 2.45) is 17.6 Å². The van der Waals surface area contributed by atoms with E-state index < -0.39 is 23.9 Å². The predicted molar refractivity (Wildman–Crippen MR) is 82.2 cm³/mol. The summed E-state index contributed by atoms with van der Waals surface area (Å²) in [6, 6.07) is 0.0967. The number of carbonyl (C=O) groups excluding carboxylic acids is 1. The maximum atomic E-state index is 13.1. The first-order valence-electron chi connectivity index (χ1n) is 7.96.